The van der Waals surface area contributed by atoms with Crippen LogP contribution >= 0.6 is 22.7 Å². The Hall–Kier alpha value is -2.29. The number of fused-ring (bicyclic) bond motifs is 1. The Balaban J connectivity index is 1.34. The van der Waals surface area contributed by atoms with Gasteiger partial charge >= 0.3 is 5.97 Å². The van der Waals surface area contributed by atoms with Gasteiger partial charge in [0.1, 0.15) is 9.88 Å². The van der Waals surface area contributed by atoms with E-state index in [-0.39, 0.29) is 5.91 Å². The van der Waals surface area contributed by atoms with Crippen LogP contribution in [0.5, 0.6) is 0 Å². The number of nitrogens with zero attached hydrogens (tertiary/aromatic N) is 3. The molecular weight excluding hydrogens is 382 g/mol. The third-order valence-corrected chi connectivity index (χ3v) is 6.63. The van der Waals surface area contributed by atoms with Crippen molar-refractivity contribution in [2.45, 2.75) is 6.54 Å². The second-order valence-electron chi connectivity index (χ2n) is 6.30. The zero-order chi connectivity index (χ0) is 18.8. The summed E-state index contributed by atoms with van der Waals surface area (Å²) in [7, 11) is 1.34. The number of thiophene rings is 1. The Morgan fingerprint density at radius 2 is 1.78 bits per heavy atom. The molecule has 4 rings (SSSR count). The van der Waals surface area contributed by atoms with Gasteiger partial charge in [0.15, 0.2) is 0 Å². The van der Waals surface area contributed by atoms with E-state index in [0.717, 1.165) is 30.2 Å². The van der Waals surface area contributed by atoms with Crippen LogP contribution in [0, 0.1) is 0 Å². The zero-order valence-corrected chi connectivity index (χ0v) is 16.5. The number of ether oxygens (including phenoxy) is 1. The molecule has 0 saturated carbocycles. The van der Waals surface area contributed by atoms with Crippen LogP contribution in [0.15, 0.2) is 36.4 Å². The minimum Gasteiger partial charge on any atom is -0.465 e. The predicted molar refractivity (Wildman–Crippen MR) is 106 cm³/mol. The molecule has 140 valence electrons. The molecule has 0 atom stereocenters. The summed E-state index contributed by atoms with van der Waals surface area (Å²) in [5.74, 6) is -0.422. The highest BCUT2D eigenvalue weighted by atomic mass is 32.1. The zero-order valence-electron chi connectivity index (χ0n) is 14.9. The smallest absolute Gasteiger partial charge is 0.348 e. The lowest BCUT2D eigenvalue weighted by Gasteiger charge is -2.34. The first-order chi connectivity index (χ1) is 13.1. The number of thiazole rings is 1. The van der Waals surface area contributed by atoms with Gasteiger partial charge in [0.25, 0.3) is 5.91 Å². The van der Waals surface area contributed by atoms with Crippen LogP contribution in [0.2, 0.25) is 0 Å². The van der Waals surface area contributed by atoms with Gasteiger partial charge < -0.3 is 9.64 Å². The maximum absolute atomic E-state index is 12.7. The van der Waals surface area contributed by atoms with Gasteiger partial charge in [0.2, 0.25) is 0 Å². The lowest BCUT2D eigenvalue weighted by molar-refractivity contribution is 0.0605. The largest absolute Gasteiger partial charge is 0.465 e. The molecule has 3 aromatic rings. The summed E-state index contributed by atoms with van der Waals surface area (Å²) in [6, 6.07) is 11.5. The number of methoxy groups -OCH3 is 1. The minimum absolute atomic E-state index is 0.0187. The van der Waals surface area contributed by atoms with Gasteiger partial charge in [-0.3, -0.25) is 9.69 Å². The Kier molecular flexibility index (Phi) is 5.20. The van der Waals surface area contributed by atoms with E-state index < -0.39 is 5.97 Å². The molecule has 1 saturated heterocycles. The lowest BCUT2D eigenvalue weighted by atomic mass is 10.3. The van der Waals surface area contributed by atoms with Crippen molar-refractivity contribution in [1.29, 1.82) is 0 Å². The number of piperazine rings is 1. The summed E-state index contributed by atoms with van der Waals surface area (Å²) in [6.07, 6.45) is 0. The molecule has 1 aliphatic heterocycles. The van der Waals surface area contributed by atoms with Crippen LogP contribution in [0.1, 0.15) is 24.4 Å². The van der Waals surface area contributed by atoms with E-state index >= 15 is 0 Å². The highest BCUT2D eigenvalue weighted by Gasteiger charge is 2.24. The summed E-state index contributed by atoms with van der Waals surface area (Å²) in [5, 5.41) is 1.11. The van der Waals surface area contributed by atoms with E-state index in [2.05, 4.69) is 11.0 Å². The van der Waals surface area contributed by atoms with Crippen molar-refractivity contribution in [3.05, 3.63) is 51.2 Å². The van der Waals surface area contributed by atoms with Crippen LogP contribution in [-0.2, 0) is 11.3 Å². The second-order valence-corrected chi connectivity index (χ2v) is 8.50. The minimum atomic E-state index is -0.403. The van der Waals surface area contributed by atoms with Crippen LogP contribution < -0.4 is 0 Å². The van der Waals surface area contributed by atoms with Gasteiger partial charge in [-0.25, -0.2) is 9.78 Å². The molecule has 1 aliphatic rings. The number of hydrogen-bond donors (Lipinski definition) is 0. The van der Waals surface area contributed by atoms with Crippen molar-refractivity contribution >= 4 is 44.8 Å². The summed E-state index contributed by atoms with van der Waals surface area (Å²) in [5.41, 5.74) is 1.05. The summed E-state index contributed by atoms with van der Waals surface area (Å²) in [6.45, 7) is 3.80. The quantitative estimate of drug-likeness (QED) is 0.629. The van der Waals surface area contributed by atoms with Crippen molar-refractivity contribution in [3.63, 3.8) is 0 Å². The molecule has 0 N–H and O–H groups in total. The van der Waals surface area contributed by atoms with Gasteiger partial charge in [-0.2, -0.15) is 0 Å². The monoisotopic (exact) mass is 401 g/mol. The topological polar surface area (TPSA) is 62.7 Å². The van der Waals surface area contributed by atoms with Gasteiger partial charge in [0, 0.05) is 26.2 Å². The number of carbonyl (C=O) groups excluding carboxylic acids is 2. The van der Waals surface area contributed by atoms with Crippen molar-refractivity contribution in [2.24, 2.45) is 0 Å². The Morgan fingerprint density at radius 3 is 2.52 bits per heavy atom. The maximum atomic E-state index is 12.7. The van der Waals surface area contributed by atoms with Gasteiger partial charge in [-0.15, -0.1) is 22.7 Å². The fourth-order valence-corrected chi connectivity index (χ4v) is 5.01. The molecule has 0 radical (unpaired) electrons. The molecule has 0 spiro atoms. The van der Waals surface area contributed by atoms with Crippen LogP contribution in [0.25, 0.3) is 10.2 Å². The number of para-hydroxylation sites is 1. The number of hydrogen-bond acceptors (Lipinski definition) is 7. The number of carbonyl (C=O) groups is 2. The molecule has 6 nitrogen and oxygen atoms in total. The second kappa shape index (κ2) is 7.75. The Bertz CT molecular complexity index is 940. The van der Waals surface area contributed by atoms with E-state index in [1.807, 2.05) is 23.1 Å². The maximum Gasteiger partial charge on any atom is 0.348 e. The fraction of sp³-hybridized carbons (Fsp3) is 0.316. The molecule has 2 aromatic heterocycles. The van der Waals surface area contributed by atoms with Crippen molar-refractivity contribution < 1.29 is 14.3 Å². The van der Waals surface area contributed by atoms with Crippen molar-refractivity contribution in [3.8, 4) is 0 Å². The van der Waals surface area contributed by atoms with Gasteiger partial charge in [0.05, 0.1) is 28.7 Å². The molecule has 8 heteroatoms. The van der Waals surface area contributed by atoms with E-state index in [4.69, 9.17) is 9.72 Å². The average molecular weight is 402 g/mol. The van der Waals surface area contributed by atoms with Crippen molar-refractivity contribution in [2.75, 3.05) is 33.3 Å². The molecule has 0 bridgehead atoms. The summed E-state index contributed by atoms with van der Waals surface area (Å²) in [4.78, 5) is 34.1. The van der Waals surface area contributed by atoms with E-state index in [9.17, 15) is 9.59 Å². The average Bonchev–Trinajstić information content (AvgIpc) is 3.34. The predicted octanol–water partition coefficient (Wildman–Crippen LogP) is 3.10. The Labute approximate surface area is 165 Å². The van der Waals surface area contributed by atoms with Crippen LogP contribution in [0.3, 0.4) is 0 Å². The molecular formula is C19H19N3O3S2. The lowest BCUT2D eigenvalue weighted by Crippen LogP contribution is -2.48. The standard InChI is InChI=1S/C19H19N3O3S2/c1-25-19(24)16-7-6-15(26-16)18(23)22-10-8-21(9-11-22)12-17-20-13-4-2-3-5-14(13)27-17/h2-7H,8-12H2,1H3. The normalized spacial score (nSPS) is 15.2. The molecule has 3 heterocycles. The first-order valence-electron chi connectivity index (χ1n) is 8.68. The van der Waals surface area contributed by atoms with E-state index in [1.54, 1.807) is 23.5 Å². The number of rotatable bonds is 4. The van der Waals surface area contributed by atoms with Crippen LogP contribution in [-0.4, -0.2) is 59.9 Å². The summed E-state index contributed by atoms with van der Waals surface area (Å²) < 4.78 is 5.91. The van der Waals surface area contributed by atoms with Crippen LogP contribution in [0.4, 0.5) is 0 Å². The highest BCUT2D eigenvalue weighted by molar-refractivity contribution is 7.18. The third kappa shape index (κ3) is 3.87. The number of benzene rings is 1. The first-order valence-corrected chi connectivity index (χ1v) is 10.3. The van der Waals surface area contributed by atoms with E-state index in [1.165, 1.54) is 23.1 Å². The van der Waals surface area contributed by atoms with Crippen molar-refractivity contribution in [1.82, 2.24) is 14.8 Å². The first kappa shape index (κ1) is 18.1. The third-order valence-electron chi connectivity index (χ3n) is 4.56. The molecule has 0 unspecified atom stereocenters. The number of amides is 1. The number of esters is 1. The number of aromatic nitrogens is 1. The Morgan fingerprint density at radius 1 is 1.04 bits per heavy atom. The summed E-state index contributed by atoms with van der Waals surface area (Å²) >= 11 is 2.91. The fourth-order valence-electron chi connectivity index (χ4n) is 3.11. The molecule has 1 amide bonds. The molecule has 1 aromatic carbocycles. The van der Waals surface area contributed by atoms with Gasteiger partial charge in [-0.1, -0.05) is 12.1 Å². The molecule has 1 fully saturated rings. The molecule has 27 heavy (non-hydrogen) atoms. The highest BCUT2D eigenvalue weighted by Crippen LogP contribution is 2.24. The van der Waals surface area contributed by atoms with E-state index in [0.29, 0.717) is 22.8 Å². The SMILES string of the molecule is COC(=O)c1ccc(C(=O)N2CCN(Cc3nc4ccccc4s3)CC2)s1. The van der Waals surface area contributed by atoms with Gasteiger partial charge in [-0.05, 0) is 24.3 Å². The molecule has 0 aliphatic carbocycles.